The molecule has 0 aromatic carbocycles. The van der Waals surface area contributed by atoms with Gasteiger partial charge in [0.2, 0.25) is 5.91 Å². The third kappa shape index (κ3) is 16.3. The summed E-state index contributed by atoms with van der Waals surface area (Å²) in [5.41, 5.74) is 0.333. The van der Waals surface area contributed by atoms with Gasteiger partial charge in [0, 0.05) is 11.6 Å². The Morgan fingerprint density at radius 3 is 1.80 bits per heavy atom. The number of rotatable bonds is 16. The molecule has 0 saturated heterocycles. The summed E-state index contributed by atoms with van der Waals surface area (Å²) in [4.78, 5) is 11.7. The van der Waals surface area contributed by atoms with Crippen LogP contribution in [0, 0.1) is 0 Å². The second-order valence-corrected chi connectivity index (χ2v) is 8.52. The molecule has 5 nitrogen and oxygen atoms in total. The van der Waals surface area contributed by atoms with Crippen molar-refractivity contribution in [3.63, 3.8) is 0 Å². The largest absolute Gasteiger partial charge is 0.348 e. The van der Waals surface area contributed by atoms with Crippen molar-refractivity contribution in [3.05, 3.63) is 12.2 Å². The zero-order chi connectivity index (χ0) is 19.1. The van der Waals surface area contributed by atoms with Gasteiger partial charge in [-0.3, -0.25) is 9.35 Å². The molecular formula is C19H37NO4S. The minimum Gasteiger partial charge on any atom is -0.348 e. The van der Waals surface area contributed by atoms with Crippen molar-refractivity contribution in [2.24, 2.45) is 0 Å². The number of unbranched alkanes of at least 4 members (excludes halogenated alkanes) is 10. The smallest absolute Gasteiger partial charge is 0.266 e. The first kappa shape index (κ1) is 24.1. The molecule has 1 atom stereocenters. The maximum atomic E-state index is 11.7. The predicted molar refractivity (Wildman–Crippen MR) is 104 cm³/mol. The van der Waals surface area contributed by atoms with E-state index in [9.17, 15) is 13.2 Å². The summed E-state index contributed by atoms with van der Waals surface area (Å²) < 4.78 is 31.2. The number of hydrogen-bond donors (Lipinski definition) is 2. The Hall–Kier alpha value is -0.880. The van der Waals surface area contributed by atoms with Crippen LogP contribution in [-0.2, 0) is 14.9 Å². The van der Waals surface area contributed by atoms with E-state index in [4.69, 9.17) is 4.55 Å². The second-order valence-electron chi connectivity index (χ2n) is 7.02. The summed E-state index contributed by atoms with van der Waals surface area (Å²) in [6.07, 6.45) is 13.9. The number of amides is 1. The lowest BCUT2D eigenvalue weighted by molar-refractivity contribution is -0.118. The van der Waals surface area contributed by atoms with Gasteiger partial charge in [0.25, 0.3) is 10.1 Å². The van der Waals surface area contributed by atoms with E-state index < -0.39 is 21.9 Å². The van der Waals surface area contributed by atoms with Crippen molar-refractivity contribution >= 4 is 16.0 Å². The SMILES string of the molecule is C=C(C)C(=O)NC(CCCCCCCCCCCCC)CS(=O)(=O)O. The third-order valence-corrected chi connectivity index (χ3v) is 5.11. The Bertz CT molecular complexity index is 474. The van der Waals surface area contributed by atoms with E-state index in [1.54, 1.807) is 6.92 Å². The summed E-state index contributed by atoms with van der Waals surface area (Å²) in [5, 5.41) is 2.63. The molecule has 1 unspecified atom stereocenters. The van der Waals surface area contributed by atoms with Gasteiger partial charge in [-0.15, -0.1) is 0 Å². The summed E-state index contributed by atoms with van der Waals surface area (Å²) in [6.45, 7) is 7.34. The highest BCUT2D eigenvalue weighted by Crippen LogP contribution is 2.13. The first-order valence-corrected chi connectivity index (χ1v) is 11.3. The van der Waals surface area contributed by atoms with E-state index >= 15 is 0 Å². The molecule has 0 aromatic rings. The minimum absolute atomic E-state index is 0.333. The van der Waals surface area contributed by atoms with Gasteiger partial charge in [0.1, 0.15) is 0 Å². The average Bonchev–Trinajstić information content (AvgIpc) is 2.50. The Morgan fingerprint density at radius 1 is 0.960 bits per heavy atom. The van der Waals surface area contributed by atoms with Crippen molar-refractivity contribution in [3.8, 4) is 0 Å². The van der Waals surface area contributed by atoms with Crippen LogP contribution in [0.4, 0.5) is 0 Å². The third-order valence-electron chi connectivity index (χ3n) is 4.29. The van der Waals surface area contributed by atoms with Crippen LogP contribution >= 0.6 is 0 Å². The number of nitrogens with one attached hydrogen (secondary N) is 1. The molecule has 148 valence electrons. The van der Waals surface area contributed by atoms with E-state index in [1.807, 2.05) is 0 Å². The standard InChI is InChI=1S/C19H37NO4S/c1-4-5-6-7-8-9-10-11-12-13-14-15-18(16-25(22,23)24)20-19(21)17(2)3/h18H,2,4-16H2,1,3H3,(H,20,21)(H,22,23,24). The fraction of sp³-hybridized carbons (Fsp3) is 0.842. The Morgan fingerprint density at radius 2 is 1.40 bits per heavy atom. The maximum absolute atomic E-state index is 11.7. The van der Waals surface area contributed by atoms with E-state index in [0.717, 1.165) is 19.3 Å². The van der Waals surface area contributed by atoms with Crippen LogP contribution in [0.15, 0.2) is 12.2 Å². The zero-order valence-corrected chi connectivity index (χ0v) is 16.9. The summed E-state index contributed by atoms with van der Waals surface area (Å²) >= 11 is 0. The molecule has 0 aromatic heterocycles. The second kappa shape index (κ2) is 14.3. The van der Waals surface area contributed by atoms with Gasteiger partial charge < -0.3 is 5.32 Å². The molecule has 0 aliphatic carbocycles. The topological polar surface area (TPSA) is 83.5 Å². The molecule has 0 saturated carbocycles. The van der Waals surface area contributed by atoms with E-state index in [2.05, 4.69) is 18.8 Å². The van der Waals surface area contributed by atoms with Gasteiger partial charge in [-0.05, 0) is 13.3 Å². The molecule has 0 heterocycles. The van der Waals surface area contributed by atoms with Gasteiger partial charge in [-0.1, -0.05) is 84.1 Å². The van der Waals surface area contributed by atoms with Gasteiger partial charge in [0.15, 0.2) is 0 Å². The molecule has 6 heteroatoms. The maximum Gasteiger partial charge on any atom is 0.266 e. The number of carbonyl (C=O) groups excluding carboxylic acids is 1. The molecule has 0 rings (SSSR count). The molecule has 2 N–H and O–H groups in total. The van der Waals surface area contributed by atoms with Crippen LogP contribution in [0.3, 0.4) is 0 Å². The lowest BCUT2D eigenvalue weighted by Gasteiger charge is -2.17. The van der Waals surface area contributed by atoms with Crippen molar-refractivity contribution < 1.29 is 17.8 Å². The molecule has 0 aliphatic rings. The lowest BCUT2D eigenvalue weighted by atomic mass is 10.0. The first-order chi connectivity index (χ1) is 11.8. The molecular weight excluding hydrogens is 338 g/mol. The van der Waals surface area contributed by atoms with Crippen molar-refractivity contribution in [2.75, 3.05) is 5.75 Å². The molecule has 0 spiro atoms. The van der Waals surface area contributed by atoms with Gasteiger partial charge in [-0.25, -0.2) is 0 Å². The van der Waals surface area contributed by atoms with Crippen LogP contribution in [0.1, 0.15) is 90.9 Å². The van der Waals surface area contributed by atoms with Crippen LogP contribution in [0.25, 0.3) is 0 Å². The molecule has 0 fully saturated rings. The van der Waals surface area contributed by atoms with Crippen molar-refractivity contribution in [1.82, 2.24) is 5.32 Å². The lowest BCUT2D eigenvalue weighted by Crippen LogP contribution is -2.40. The van der Waals surface area contributed by atoms with Crippen LogP contribution < -0.4 is 5.32 Å². The van der Waals surface area contributed by atoms with Gasteiger partial charge in [0.05, 0.1) is 5.75 Å². The van der Waals surface area contributed by atoms with E-state index in [1.165, 1.54) is 51.4 Å². The monoisotopic (exact) mass is 375 g/mol. The number of hydrogen-bond acceptors (Lipinski definition) is 3. The highest BCUT2D eigenvalue weighted by atomic mass is 32.2. The van der Waals surface area contributed by atoms with Crippen LogP contribution in [0.5, 0.6) is 0 Å². The summed E-state index contributed by atoms with van der Waals surface area (Å²) in [6, 6.07) is -0.558. The molecule has 0 bridgehead atoms. The molecule has 0 radical (unpaired) electrons. The van der Waals surface area contributed by atoms with Crippen LogP contribution in [-0.4, -0.2) is 30.7 Å². The quantitative estimate of drug-likeness (QED) is 0.234. The van der Waals surface area contributed by atoms with E-state index in [-0.39, 0.29) is 5.91 Å². The zero-order valence-electron chi connectivity index (χ0n) is 16.1. The Kier molecular flexibility index (Phi) is 13.8. The normalized spacial score (nSPS) is 12.8. The minimum atomic E-state index is -4.10. The molecule has 25 heavy (non-hydrogen) atoms. The highest BCUT2D eigenvalue weighted by Gasteiger charge is 2.19. The van der Waals surface area contributed by atoms with Crippen molar-refractivity contribution in [2.45, 2.75) is 96.9 Å². The molecule has 0 aliphatic heterocycles. The summed E-state index contributed by atoms with van der Waals surface area (Å²) in [7, 11) is -4.10. The van der Waals surface area contributed by atoms with Gasteiger partial charge in [-0.2, -0.15) is 8.42 Å². The average molecular weight is 376 g/mol. The predicted octanol–water partition coefficient (Wildman–Crippen LogP) is 4.64. The van der Waals surface area contributed by atoms with Crippen LogP contribution in [0.2, 0.25) is 0 Å². The van der Waals surface area contributed by atoms with E-state index in [0.29, 0.717) is 12.0 Å². The van der Waals surface area contributed by atoms with Gasteiger partial charge >= 0.3 is 0 Å². The fourth-order valence-corrected chi connectivity index (χ4v) is 3.57. The summed E-state index contributed by atoms with van der Waals surface area (Å²) in [5.74, 6) is -0.805. The Labute approximate surface area is 154 Å². The fourth-order valence-electron chi connectivity index (χ4n) is 2.81. The number of carbonyl (C=O) groups is 1. The Balaban J connectivity index is 3.84. The highest BCUT2D eigenvalue weighted by molar-refractivity contribution is 7.85. The molecule has 1 amide bonds. The first-order valence-electron chi connectivity index (χ1n) is 9.67. The van der Waals surface area contributed by atoms with Crippen molar-refractivity contribution in [1.29, 1.82) is 0 Å².